The van der Waals surface area contributed by atoms with Crippen molar-refractivity contribution in [3.63, 3.8) is 0 Å². The monoisotopic (exact) mass is 437 g/mol. The molecule has 3 heterocycles. The minimum absolute atomic E-state index is 0.0681. The Labute approximate surface area is 183 Å². The van der Waals surface area contributed by atoms with Crippen LogP contribution >= 0.6 is 11.3 Å². The molecule has 0 radical (unpaired) electrons. The fourth-order valence-corrected chi connectivity index (χ4v) is 4.81. The summed E-state index contributed by atoms with van der Waals surface area (Å²) < 4.78 is 0. The summed E-state index contributed by atoms with van der Waals surface area (Å²) in [6.07, 6.45) is 5.74. The van der Waals surface area contributed by atoms with Crippen molar-refractivity contribution in [1.82, 2.24) is 19.9 Å². The minimum Gasteiger partial charge on any atom is -0.395 e. The zero-order valence-electron chi connectivity index (χ0n) is 17.2. The van der Waals surface area contributed by atoms with Gasteiger partial charge in [0, 0.05) is 60.1 Å². The summed E-state index contributed by atoms with van der Waals surface area (Å²) in [6, 6.07) is 5.86. The van der Waals surface area contributed by atoms with Gasteiger partial charge in [0.25, 0.3) is 5.91 Å². The van der Waals surface area contributed by atoms with Crippen LogP contribution in [0.5, 0.6) is 0 Å². The molecule has 8 nitrogen and oxygen atoms in total. The fraction of sp³-hybridized carbons (Fsp3) is 0.364. The summed E-state index contributed by atoms with van der Waals surface area (Å²) in [6.45, 7) is 0.951. The van der Waals surface area contributed by atoms with Gasteiger partial charge in [-0.25, -0.2) is 15.0 Å². The van der Waals surface area contributed by atoms with Crippen molar-refractivity contribution < 1.29 is 15.0 Å². The molecule has 1 aliphatic carbocycles. The summed E-state index contributed by atoms with van der Waals surface area (Å²) in [7, 11) is 1.69. The number of amides is 1. The molecule has 160 valence electrons. The predicted molar refractivity (Wildman–Crippen MR) is 117 cm³/mol. The average Bonchev–Trinajstić information content (AvgIpc) is 3.28. The first kappa shape index (κ1) is 20.0. The standard InChI is InChI=1S/C22H23N5O3S/c1-26(6-7-28)20(30)14-2-3-16-18(8-14)27(13-22(16)4-5-22)21-23-9-15(10-24-21)17-12-31-19(11-29)25-17/h2-3,8-10,12,28-29H,4-7,11,13H2,1H3. The van der Waals surface area contributed by atoms with E-state index >= 15 is 0 Å². The number of carbonyl (C=O) groups excluding carboxylic acids is 1. The fourth-order valence-electron chi connectivity index (χ4n) is 4.15. The van der Waals surface area contributed by atoms with Gasteiger partial charge >= 0.3 is 0 Å². The molecule has 1 aromatic carbocycles. The van der Waals surface area contributed by atoms with Crippen molar-refractivity contribution in [2.45, 2.75) is 24.9 Å². The number of hydrogen-bond donors (Lipinski definition) is 2. The molecule has 2 N–H and O–H groups in total. The molecule has 0 saturated heterocycles. The number of likely N-dealkylation sites (N-methyl/N-ethyl adjacent to an activating group) is 1. The Bertz CT molecular complexity index is 1130. The zero-order valence-corrected chi connectivity index (χ0v) is 18.0. The molecule has 1 aliphatic heterocycles. The average molecular weight is 438 g/mol. The Hall–Kier alpha value is -2.88. The van der Waals surface area contributed by atoms with E-state index in [1.54, 1.807) is 19.4 Å². The molecule has 3 aromatic rings. The Balaban J connectivity index is 1.46. The lowest BCUT2D eigenvalue weighted by Crippen LogP contribution is -2.29. The number of aromatic nitrogens is 3. The van der Waals surface area contributed by atoms with Gasteiger partial charge in [0.1, 0.15) is 5.01 Å². The van der Waals surface area contributed by atoms with Crippen LogP contribution in [0.1, 0.15) is 33.8 Å². The molecular formula is C22H23N5O3S. The number of fused-ring (bicyclic) bond motifs is 2. The number of aliphatic hydroxyl groups excluding tert-OH is 2. The SMILES string of the molecule is CN(CCO)C(=O)c1ccc2c(c1)N(c1ncc(-c3csc(CO)n3)cn1)CC21CC1. The lowest BCUT2D eigenvalue weighted by atomic mass is 9.97. The van der Waals surface area contributed by atoms with E-state index in [1.165, 1.54) is 21.8 Å². The van der Waals surface area contributed by atoms with Crippen LogP contribution in [-0.4, -0.2) is 62.7 Å². The number of rotatable bonds is 6. The zero-order chi connectivity index (χ0) is 21.6. The maximum absolute atomic E-state index is 12.7. The van der Waals surface area contributed by atoms with E-state index in [4.69, 9.17) is 5.11 Å². The van der Waals surface area contributed by atoms with E-state index in [0.29, 0.717) is 23.1 Å². The predicted octanol–water partition coefficient (Wildman–Crippen LogP) is 2.34. The second kappa shape index (κ2) is 7.67. The second-order valence-corrected chi connectivity index (χ2v) is 9.05. The van der Waals surface area contributed by atoms with Crippen molar-refractivity contribution in [3.05, 3.63) is 52.1 Å². The van der Waals surface area contributed by atoms with Gasteiger partial charge in [-0.15, -0.1) is 11.3 Å². The highest BCUT2D eigenvalue weighted by Crippen LogP contribution is 2.57. The third kappa shape index (κ3) is 3.48. The van der Waals surface area contributed by atoms with Crippen LogP contribution in [0.2, 0.25) is 0 Å². The molecule has 1 fully saturated rings. The van der Waals surface area contributed by atoms with Crippen LogP contribution < -0.4 is 4.90 Å². The second-order valence-electron chi connectivity index (χ2n) is 8.11. The Morgan fingerprint density at radius 1 is 1.26 bits per heavy atom. The van der Waals surface area contributed by atoms with Crippen molar-refractivity contribution in [2.75, 3.05) is 31.6 Å². The number of thiazole rings is 1. The number of aliphatic hydroxyl groups is 2. The molecule has 1 saturated carbocycles. The van der Waals surface area contributed by atoms with Crippen LogP contribution in [0.25, 0.3) is 11.3 Å². The van der Waals surface area contributed by atoms with Crippen LogP contribution in [0.15, 0.2) is 36.0 Å². The number of hydrogen-bond acceptors (Lipinski definition) is 8. The summed E-state index contributed by atoms with van der Waals surface area (Å²) in [4.78, 5) is 29.9. The lowest BCUT2D eigenvalue weighted by molar-refractivity contribution is 0.0767. The minimum atomic E-state index is -0.118. The van der Waals surface area contributed by atoms with Gasteiger partial charge in [-0.2, -0.15) is 0 Å². The molecule has 2 aromatic heterocycles. The molecule has 1 spiro atoms. The van der Waals surface area contributed by atoms with E-state index in [9.17, 15) is 9.90 Å². The Kier molecular flexibility index (Phi) is 4.96. The molecule has 5 rings (SSSR count). The van der Waals surface area contributed by atoms with Crippen molar-refractivity contribution in [2.24, 2.45) is 0 Å². The van der Waals surface area contributed by atoms with Gasteiger partial charge in [0.05, 0.1) is 18.9 Å². The molecule has 0 atom stereocenters. The molecule has 9 heteroatoms. The summed E-state index contributed by atoms with van der Waals surface area (Å²) in [5.41, 5.74) is 4.49. The van der Waals surface area contributed by atoms with Gasteiger partial charge in [0.2, 0.25) is 5.95 Å². The van der Waals surface area contributed by atoms with Gasteiger partial charge in [-0.3, -0.25) is 4.79 Å². The Morgan fingerprint density at radius 3 is 2.68 bits per heavy atom. The van der Waals surface area contributed by atoms with E-state index in [2.05, 4.69) is 25.9 Å². The molecule has 0 bridgehead atoms. The number of anilines is 2. The number of carbonyl (C=O) groups is 1. The third-order valence-corrected chi connectivity index (χ3v) is 6.90. The first-order valence-corrected chi connectivity index (χ1v) is 11.1. The topological polar surface area (TPSA) is 103 Å². The Morgan fingerprint density at radius 2 is 2.03 bits per heavy atom. The summed E-state index contributed by atoms with van der Waals surface area (Å²) in [5, 5.41) is 20.9. The normalized spacial score (nSPS) is 15.9. The third-order valence-electron chi connectivity index (χ3n) is 6.07. The van der Waals surface area contributed by atoms with Gasteiger partial charge < -0.3 is 20.0 Å². The number of benzene rings is 1. The molecule has 1 amide bonds. The van der Waals surface area contributed by atoms with E-state index in [0.717, 1.165) is 36.3 Å². The van der Waals surface area contributed by atoms with Crippen LogP contribution in [-0.2, 0) is 12.0 Å². The maximum atomic E-state index is 12.7. The molecular weight excluding hydrogens is 414 g/mol. The maximum Gasteiger partial charge on any atom is 0.253 e. The molecule has 31 heavy (non-hydrogen) atoms. The lowest BCUT2D eigenvalue weighted by Gasteiger charge is -2.19. The van der Waals surface area contributed by atoms with Crippen molar-refractivity contribution >= 4 is 28.9 Å². The first-order chi connectivity index (χ1) is 15.0. The van der Waals surface area contributed by atoms with E-state index < -0.39 is 0 Å². The molecule has 2 aliphatic rings. The van der Waals surface area contributed by atoms with Crippen LogP contribution in [0.4, 0.5) is 11.6 Å². The van der Waals surface area contributed by atoms with Gasteiger partial charge in [0.15, 0.2) is 0 Å². The quantitative estimate of drug-likeness (QED) is 0.610. The first-order valence-electron chi connectivity index (χ1n) is 10.2. The number of nitrogens with zero attached hydrogens (tertiary/aromatic N) is 5. The smallest absolute Gasteiger partial charge is 0.253 e. The van der Waals surface area contributed by atoms with E-state index in [1.807, 2.05) is 17.5 Å². The molecule has 0 unspecified atom stereocenters. The highest BCUT2D eigenvalue weighted by Gasteiger charge is 2.52. The van der Waals surface area contributed by atoms with Crippen molar-refractivity contribution in [3.8, 4) is 11.3 Å². The van der Waals surface area contributed by atoms with Crippen molar-refractivity contribution in [1.29, 1.82) is 0 Å². The van der Waals surface area contributed by atoms with E-state index in [-0.39, 0.29) is 24.5 Å². The summed E-state index contributed by atoms with van der Waals surface area (Å²) >= 11 is 1.40. The highest BCUT2D eigenvalue weighted by molar-refractivity contribution is 7.09. The highest BCUT2D eigenvalue weighted by atomic mass is 32.1. The largest absolute Gasteiger partial charge is 0.395 e. The van der Waals surface area contributed by atoms with Gasteiger partial charge in [-0.1, -0.05) is 6.07 Å². The van der Waals surface area contributed by atoms with Crippen LogP contribution in [0, 0.1) is 0 Å². The summed E-state index contributed by atoms with van der Waals surface area (Å²) in [5.74, 6) is 0.479. The van der Waals surface area contributed by atoms with Crippen LogP contribution in [0.3, 0.4) is 0 Å². The van der Waals surface area contributed by atoms with Gasteiger partial charge in [-0.05, 0) is 30.5 Å².